The highest BCUT2D eigenvalue weighted by Gasteiger charge is 2.15. The molecule has 0 aliphatic carbocycles. The molecule has 5 heteroatoms. The van der Waals surface area contributed by atoms with Crippen LogP contribution in [0.1, 0.15) is 17.5 Å². The molecular weight excluding hydrogens is 276 g/mol. The van der Waals surface area contributed by atoms with Crippen LogP contribution < -0.4 is 10.1 Å². The topological polar surface area (TPSA) is 41.6 Å². The van der Waals surface area contributed by atoms with Crippen LogP contribution in [0.15, 0.2) is 18.2 Å². The average Bonchev–Trinajstić information content (AvgIpc) is 2.43. The normalized spacial score (nSPS) is 14.6. The maximum atomic E-state index is 12.0. The smallest absolute Gasteiger partial charge is 0.226 e. The molecule has 20 heavy (non-hydrogen) atoms. The van der Waals surface area contributed by atoms with Gasteiger partial charge in [0.25, 0.3) is 0 Å². The van der Waals surface area contributed by atoms with Gasteiger partial charge < -0.3 is 15.0 Å². The number of aryl methyl sites for hydroxylation is 2. The summed E-state index contributed by atoms with van der Waals surface area (Å²) in [6.45, 7) is 7.91. The van der Waals surface area contributed by atoms with E-state index in [9.17, 15) is 4.79 Å². The number of ether oxygens (including phenoxy) is 1. The Bertz CT molecular complexity index is 445. The third-order valence-corrected chi connectivity index (χ3v) is 3.39. The van der Waals surface area contributed by atoms with Gasteiger partial charge in [-0.15, -0.1) is 12.4 Å². The highest BCUT2D eigenvalue weighted by atomic mass is 35.5. The Labute approximate surface area is 126 Å². The standard InChI is InChI=1S/C15H22N2O2.ClH/c1-12-3-4-13(2)14(11-12)19-10-5-15(18)17-8-6-16-7-9-17;/h3-4,11,16H,5-10H2,1-2H3;1H. The number of halogens is 1. The number of hydrogen-bond acceptors (Lipinski definition) is 3. The van der Waals surface area contributed by atoms with Crippen molar-refractivity contribution in [1.82, 2.24) is 10.2 Å². The Morgan fingerprint density at radius 1 is 1.30 bits per heavy atom. The van der Waals surface area contributed by atoms with Gasteiger partial charge in [0, 0.05) is 26.2 Å². The number of hydrogen-bond donors (Lipinski definition) is 1. The second-order valence-electron chi connectivity index (χ2n) is 5.00. The van der Waals surface area contributed by atoms with Crippen molar-refractivity contribution in [2.75, 3.05) is 32.8 Å². The van der Waals surface area contributed by atoms with Crippen LogP contribution in [-0.4, -0.2) is 43.6 Å². The fraction of sp³-hybridized carbons (Fsp3) is 0.533. The summed E-state index contributed by atoms with van der Waals surface area (Å²) in [6, 6.07) is 6.13. The van der Waals surface area contributed by atoms with Gasteiger partial charge >= 0.3 is 0 Å². The van der Waals surface area contributed by atoms with E-state index < -0.39 is 0 Å². The summed E-state index contributed by atoms with van der Waals surface area (Å²) in [5.41, 5.74) is 2.29. The van der Waals surface area contributed by atoms with Crippen LogP contribution in [0.25, 0.3) is 0 Å². The Morgan fingerprint density at radius 3 is 2.70 bits per heavy atom. The average molecular weight is 299 g/mol. The van der Waals surface area contributed by atoms with Gasteiger partial charge in [0.1, 0.15) is 5.75 Å². The molecule has 1 heterocycles. The molecule has 2 rings (SSSR count). The third kappa shape index (κ3) is 4.69. The molecule has 1 aliphatic heterocycles. The van der Waals surface area contributed by atoms with Crippen molar-refractivity contribution in [3.63, 3.8) is 0 Å². The van der Waals surface area contributed by atoms with Crippen LogP contribution in [0.3, 0.4) is 0 Å². The maximum absolute atomic E-state index is 12.0. The number of rotatable bonds is 4. The molecule has 0 aromatic heterocycles. The highest BCUT2D eigenvalue weighted by Crippen LogP contribution is 2.19. The van der Waals surface area contributed by atoms with Gasteiger partial charge in [-0.2, -0.15) is 0 Å². The first-order valence-corrected chi connectivity index (χ1v) is 6.85. The molecule has 0 atom stereocenters. The van der Waals surface area contributed by atoms with Gasteiger partial charge in [0.05, 0.1) is 13.0 Å². The van der Waals surface area contributed by atoms with Gasteiger partial charge in [-0.1, -0.05) is 12.1 Å². The summed E-state index contributed by atoms with van der Waals surface area (Å²) < 4.78 is 5.72. The van der Waals surface area contributed by atoms with E-state index in [1.165, 1.54) is 5.56 Å². The minimum atomic E-state index is 0. The molecule has 1 aliphatic rings. The predicted octanol–water partition coefficient (Wildman–Crippen LogP) is 1.93. The summed E-state index contributed by atoms with van der Waals surface area (Å²) in [7, 11) is 0. The number of benzene rings is 1. The van der Waals surface area contributed by atoms with E-state index in [0.717, 1.165) is 37.5 Å². The predicted molar refractivity (Wildman–Crippen MR) is 82.7 cm³/mol. The van der Waals surface area contributed by atoms with Crippen LogP contribution in [0.5, 0.6) is 5.75 Å². The summed E-state index contributed by atoms with van der Waals surface area (Å²) in [5.74, 6) is 1.07. The van der Waals surface area contributed by atoms with E-state index in [0.29, 0.717) is 13.0 Å². The van der Waals surface area contributed by atoms with Crippen molar-refractivity contribution in [3.8, 4) is 5.75 Å². The monoisotopic (exact) mass is 298 g/mol. The van der Waals surface area contributed by atoms with E-state index in [1.54, 1.807) is 0 Å². The SMILES string of the molecule is Cc1ccc(C)c(OCCC(=O)N2CCNCC2)c1.Cl. The van der Waals surface area contributed by atoms with Crippen LogP contribution in [0, 0.1) is 13.8 Å². The molecule has 0 spiro atoms. The number of nitrogens with zero attached hydrogens (tertiary/aromatic N) is 1. The molecule has 0 bridgehead atoms. The molecule has 0 saturated carbocycles. The summed E-state index contributed by atoms with van der Waals surface area (Å²) in [4.78, 5) is 13.9. The molecule has 1 aromatic carbocycles. The van der Waals surface area contributed by atoms with Crippen LogP contribution in [0.2, 0.25) is 0 Å². The lowest BCUT2D eigenvalue weighted by molar-refractivity contribution is -0.132. The van der Waals surface area contributed by atoms with Gasteiger partial charge in [-0.25, -0.2) is 0 Å². The van der Waals surface area contributed by atoms with E-state index in [4.69, 9.17) is 4.74 Å². The van der Waals surface area contributed by atoms with Crippen LogP contribution in [0.4, 0.5) is 0 Å². The maximum Gasteiger partial charge on any atom is 0.226 e. The number of amides is 1. The molecule has 1 amide bonds. The second kappa shape index (κ2) is 8.12. The molecule has 0 unspecified atom stereocenters. The van der Waals surface area contributed by atoms with Crippen molar-refractivity contribution in [2.24, 2.45) is 0 Å². The Hall–Kier alpha value is -1.26. The molecule has 4 nitrogen and oxygen atoms in total. The minimum Gasteiger partial charge on any atom is -0.493 e. The molecule has 1 fully saturated rings. The fourth-order valence-electron chi connectivity index (χ4n) is 2.18. The van der Waals surface area contributed by atoms with Crippen molar-refractivity contribution >= 4 is 18.3 Å². The van der Waals surface area contributed by atoms with Crippen molar-refractivity contribution < 1.29 is 9.53 Å². The van der Waals surface area contributed by atoms with Crippen molar-refractivity contribution in [2.45, 2.75) is 20.3 Å². The molecule has 112 valence electrons. The number of carbonyl (C=O) groups is 1. The quantitative estimate of drug-likeness (QED) is 0.923. The zero-order chi connectivity index (χ0) is 13.7. The molecular formula is C15H23ClN2O2. The third-order valence-electron chi connectivity index (χ3n) is 3.39. The fourth-order valence-corrected chi connectivity index (χ4v) is 2.18. The zero-order valence-corrected chi connectivity index (χ0v) is 13.0. The van der Waals surface area contributed by atoms with E-state index in [1.807, 2.05) is 30.9 Å². The van der Waals surface area contributed by atoms with Crippen LogP contribution >= 0.6 is 12.4 Å². The van der Waals surface area contributed by atoms with E-state index in [2.05, 4.69) is 11.4 Å². The van der Waals surface area contributed by atoms with E-state index in [-0.39, 0.29) is 18.3 Å². The lowest BCUT2D eigenvalue weighted by atomic mass is 10.1. The van der Waals surface area contributed by atoms with E-state index >= 15 is 0 Å². The number of nitrogens with one attached hydrogen (secondary N) is 1. The first-order valence-electron chi connectivity index (χ1n) is 6.85. The van der Waals surface area contributed by atoms with Crippen molar-refractivity contribution in [3.05, 3.63) is 29.3 Å². The first-order chi connectivity index (χ1) is 9.16. The minimum absolute atomic E-state index is 0. The Balaban J connectivity index is 0.00000200. The Morgan fingerprint density at radius 2 is 2.00 bits per heavy atom. The van der Waals surface area contributed by atoms with Crippen LogP contribution in [-0.2, 0) is 4.79 Å². The lowest BCUT2D eigenvalue weighted by Crippen LogP contribution is -2.46. The zero-order valence-electron chi connectivity index (χ0n) is 12.1. The second-order valence-corrected chi connectivity index (χ2v) is 5.00. The first kappa shape index (κ1) is 16.8. The molecule has 1 saturated heterocycles. The van der Waals surface area contributed by atoms with Crippen molar-refractivity contribution in [1.29, 1.82) is 0 Å². The molecule has 1 aromatic rings. The Kier molecular flexibility index (Phi) is 6.82. The summed E-state index contributed by atoms with van der Waals surface area (Å²) in [5, 5.41) is 3.24. The molecule has 0 radical (unpaired) electrons. The van der Waals surface area contributed by atoms with Gasteiger partial charge in [0.2, 0.25) is 5.91 Å². The van der Waals surface area contributed by atoms with Gasteiger partial charge in [-0.3, -0.25) is 4.79 Å². The number of piperazine rings is 1. The lowest BCUT2D eigenvalue weighted by Gasteiger charge is -2.27. The summed E-state index contributed by atoms with van der Waals surface area (Å²) in [6.07, 6.45) is 0.452. The largest absolute Gasteiger partial charge is 0.493 e. The molecule has 1 N–H and O–H groups in total. The summed E-state index contributed by atoms with van der Waals surface area (Å²) >= 11 is 0. The number of carbonyl (C=O) groups excluding carboxylic acids is 1. The van der Waals surface area contributed by atoms with Gasteiger partial charge in [-0.05, 0) is 31.0 Å². The highest BCUT2D eigenvalue weighted by molar-refractivity contribution is 5.85. The van der Waals surface area contributed by atoms with Gasteiger partial charge in [0.15, 0.2) is 0 Å².